The Bertz CT molecular complexity index is 875. The van der Waals surface area contributed by atoms with Crippen LogP contribution >= 0.6 is 0 Å². The largest absolute Gasteiger partial charge is 0.459 e. The van der Waals surface area contributed by atoms with E-state index in [2.05, 4.69) is 10.1 Å². The van der Waals surface area contributed by atoms with Gasteiger partial charge in [-0.05, 0) is 37.1 Å². The van der Waals surface area contributed by atoms with E-state index in [1.807, 2.05) is 0 Å². The summed E-state index contributed by atoms with van der Waals surface area (Å²) in [6, 6.07) is 9.40. The van der Waals surface area contributed by atoms with E-state index in [1.165, 1.54) is 18.4 Å². The molecule has 1 aliphatic rings. The number of amides is 1. The second-order valence-electron chi connectivity index (χ2n) is 6.03. The molecular weight excluding hydrogens is 325 g/mol. The van der Waals surface area contributed by atoms with Gasteiger partial charge in [-0.15, -0.1) is 0 Å². The number of hydrogen-bond donors (Lipinski definition) is 0. The summed E-state index contributed by atoms with van der Waals surface area (Å²) in [5.41, 5.74) is 0.564. The summed E-state index contributed by atoms with van der Waals surface area (Å²) in [6.07, 6.45) is 3.18. The molecule has 1 atom stereocenters. The summed E-state index contributed by atoms with van der Waals surface area (Å²) in [6.45, 7) is 1.16. The molecule has 1 saturated heterocycles. The molecule has 1 amide bonds. The molecule has 7 heteroatoms. The number of hydrogen-bond acceptors (Lipinski definition) is 5. The van der Waals surface area contributed by atoms with Gasteiger partial charge in [0.15, 0.2) is 5.76 Å². The van der Waals surface area contributed by atoms with Crippen LogP contribution in [0, 0.1) is 5.82 Å². The summed E-state index contributed by atoms with van der Waals surface area (Å²) in [5, 5.41) is 3.95. The van der Waals surface area contributed by atoms with Gasteiger partial charge in [-0.3, -0.25) is 4.79 Å². The highest BCUT2D eigenvalue weighted by Gasteiger charge is 2.30. The first-order valence-corrected chi connectivity index (χ1v) is 8.13. The number of carbonyl (C=O) groups excluding carboxylic acids is 1. The monoisotopic (exact) mass is 341 g/mol. The fraction of sp³-hybridized carbons (Fsp3) is 0.278. The summed E-state index contributed by atoms with van der Waals surface area (Å²) in [4.78, 5) is 18.6. The maximum absolute atomic E-state index is 13.3. The van der Waals surface area contributed by atoms with Crippen LogP contribution in [-0.2, 0) is 0 Å². The quantitative estimate of drug-likeness (QED) is 0.729. The number of carbonyl (C=O) groups is 1. The van der Waals surface area contributed by atoms with Crippen molar-refractivity contribution in [1.82, 2.24) is 15.0 Å². The van der Waals surface area contributed by atoms with Crippen LogP contribution in [0.3, 0.4) is 0 Å². The highest BCUT2D eigenvalue weighted by atomic mass is 19.1. The minimum atomic E-state index is -0.350. The number of rotatable bonds is 3. The van der Waals surface area contributed by atoms with Gasteiger partial charge in [0.2, 0.25) is 11.7 Å². The summed E-state index contributed by atoms with van der Waals surface area (Å²) >= 11 is 0. The highest BCUT2D eigenvalue weighted by molar-refractivity contribution is 5.91. The van der Waals surface area contributed by atoms with E-state index >= 15 is 0 Å². The molecule has 6 nitrogen and oxygen atoms in total. The van der Waals surface area contributed by atoms with Gasteiger partial charge in [0, 0.05) is 18.7 Å². The van der Waals surface area contributed by atoms with Crippen molar-refractivity contribution < 1.29 is 18.1 Å². The van der Waals surface area contributed by atoms with Gasteiger partial charge < -0.3 is 13.8 Å². The SMILES string of the molecule is O=C(c1ccco1)N1CCC[C@H](c2nc(-c3cccc(F)c3)no2)C1. The van der Waals surface area contributed by atoms with Crippen molar-refractivity contribution in [3.8, 4) is 11.4 Å². The minimum Gasteiger partial charge on any atom is -0.459 e. The third kappa shape index (κ3) is 3.17. The van der Waals surface area contributed by atoms with Gasteiger partial charge in [0.05, 0.1) is 12.2 Å². The van der Waals surface area contributed by atoms with E-state index in [-0.39, 0.29) is 17.6 Å². The highest BCUT2D eigenvalue weighted by Crippen LogP contribution is 2.28. The third-order valence-electron chi connectivity index (χ3n) is 4.31. The van der Waals surface area contributed by atoms with Crippen molar-refractivity contribution in [3.63, 3.8) is 0 Å². The standard InChI is InChI=1S/C18H16FN3O3/c19-14-6-1-4-12(10-14)16-20-17(25-21-16)13-5-2-8-22(11-13)18(23)15-7-3-9-24-15/h1,3-4,6-7,9-10,13H,2,5,8,11H2/t13-/m0/s1. The zero-order valence-corrected chi connectivity index (χ0v) is 13.4. The topological polar surface area (TPSA) is 72.4 Å². The zero-order chi connectivity index (χ0) is 17.2. The van der Waals surface area contributed by atoms with E-state index in [0.29, 0.717) is 36.1 Å². The van der Waals surface area contributed by atoms with Crippen LogP contribution in [0.25, 0.3) is 11.4 Å². The molecule has 1 aliphatic heterocycles. The van der Waals surface area contributed by atoms with Crippen LogP contribution < -0.4 is 0 Å². The van der Waals surface area contributed by atoms with Gasteiger partial charge in [0.25, 0.3) is 5.91 Å². The lowest BCUT2D eigenvalue weighted by Gasteiger charge is -2.30. The van der Waals surface area contributed by atoms with Crippen LogP contribution in [0.1, 0.15) is 35.2 Å². The van der Waals surface area contributed by atoms with Crippen molar-refractivity contribution in [1.29, 1.82) is 0 Å². The number of aromatic nitrogens is 2. The predicted octanol–water partition coefficient (Wildman–Crippen LogP) is 3.49. The average molecular weight is 341 g/mol. The Kier molecular flexibility index (Phi) is 4.05. The fourth-order valence-electron chi connectivity index (χ4n) is 3.07. The molecule has 1 aromatic carbocycles. The van der Waals surface area contributed by atoms with Gasteiger partial charge in [-0.1, -0.05) is 17.3 Å². The molecule has 128 valence electrons. The average Bonchev–Trinajstić information content (AvgIpc) is 3.33. The van der Waals surface area contributed by atoms with Crippen LogP contribution in [0.15, 0.2) is 51.6 Å². The lowest BCUT2D eigenvalue weighted by atomic mass is 9.97. The Morgan fingerprint density at radius 2 is 2.20 bits per heavy atom. The molecule has 0 spiro atoms. The van der Waals surface area contributed by atoms with Crippen molar-refractivity contribution in [2.24, 2.45) is 0 Å². The van der Waals surface area contributed by atoms with E-state index < -0.39 is 0 Å². The van der Waals surface area contributed by atoms with Crippen molar-refractivity contribution >= 4 is 5.91 Å². The maximum Gasteiger partial charge on any atom is 0.289 e. The Morgan fingerprint density at radius 1 is 1.28 bits per heavy atom. The van der Waals surface area contributed by atoms with Crippen LogP contribution in [0.4, 0.5) is 4.39 Å². The minimum absolute atomic E-state index is 0.0394. The predicted molar refractivity (Wildman–Crippen MR) is 86.3 cm³/mol. The van der Waals surface area contributed by atoms with Crippen molar-refractivity contribution in [2.75, 3.05) is 13.1 Å². The molecule has 0 aliphatic carbocycles. The summed E-state index contributed by atoms with van der Waals surface area (Å²) < 4.78 is 23.9. The first kappa shape index (κ1) is 15.6. The maximum atomic E-state index is 13.3. The van der Waals surface area contributed by atoms with Crippen LogP contribution in [0.2, 0.25) is 0 Å². The molecular formula is C18H16FN3O3. The number of nitrogens with zero attached hydrogens (tertiary/aromatic N) is 3. The second kappa shape index (κ2) is 6.51. The third-order valence-corrected chi connectivity index (χ3v) is 4.31. The Labute approximate surface area is 143 Å². The number of furan rings is 1. The number of piperidine rings is 1. The number of halogens is 1. The zero-order valence-electron chi connectivity index (χ0n) is 13.4. The molecule has 25 heavy (non-hydrogen) atoms. The lowest BCUT2D eigenvalue weighted by molar-refractivity contribution is 0.0663. The second-order valence-corrected chi connectivity index (χ2v) is 6.03. The van der Waals surface area contributed by atoms with Crippen LogP contribution in [-0.4, -0.2) is 34.0 Å². The fourth-order valence-corrected chi connectivity index (χ4v) is 3.07. The molecule has 0 saturated carbocycles. The van der Waals surface area contributed by atoms with E-state index in [9.17, 15) is 9.18 Å². The van der Waals surface area contributed by atoms with E-state index in [4.69, 9.17) is 8.94 Å². The smallest absolute Gasteiger partial charge is 0.289 e. The van der Waals surface area contributed by atoms with Gasteiger partial charge in [0.1, 0.15) is 5.82 Å². The van der Waals surface area contributed by atoms with E-state index in [0.717, 1.165) is 12.8 Å². The van der Waals surface area contributed by atoms with Gasteiger partial charge in [-0.25, -0.2) is 4.39 Å². The molecule has 0 N–H and O–H groups in total. The molecule has 2 aromatic heterocycles. The van der Waals surface area contributed by atoms with Crippen molar-refractivity contribution in [2.45, 2.75) is 18.8 Å². The summed E-state index contributed by atoms with van der Waals surface area (Å²) in [7, 11) is 0. The Balaban J connectivity index is 1.51. The first-order valence-electron chi connectivity index (χ1n) is 8.13. The molecule has 0 unspecified atom stereocenters. The molecule has 3 heterocycles. The number of likely N-dealkylation sites (tertiary alicyclic amines) is 1. The Morgan fingerprint density at radius 3 is 3.00 bits per heavy atom. The number of benzene rings is 1. The normalized spacial score (nSPS) is 17.6. The molecule has 0 radical (unpaired) electrons. The van der Waals surface area contributed by atoms with Gasteiger partial charge in [-0.2, -0.15) is 4.98 Å². The van der Waals surface area contributed by atoms with Crippen LogP contribution in [0.5, 0.6) is 0 Å². The van der Waals surface area contributed by atoms with Crippen molar-refractivity contribution in [3.05, 3.63) is 60.1 Å². The molecule has 1 fully saturated rings. The summed E-state index contributed by atoms with van der Waals surface area (Å²) in [5.74, 6) is 0.616. The van der Waals surface area contributed by atoms with E-state index in [1.54, 1.807) is 29.2 Å². The molecule has 3 aromatic rings. The molecule has 4 rings (SSSR count). The van der Waals surface area contributed by atoms with Gasteiger partial charge >= 0.3 is 0 Å². The first-order chi connectivity index (χ1) is 12.2. The Hall–Kier alpha value is -2.96. The molecule has 0 bridgehead atoms. The lowest BCUT2D eigenvalue weighted by Crippen LogP contribution is -2.39.